The first-order valence-corrected chi connectivity index (χ1v) is 4.63. The summed E-state index contributed by atoms with van der Waals surface area (Å²) in [6, 6.07) is 5.12. The van der Waals surface area contributed by atoms with Crippen LogP contribution < -0.4 is 5.73 Å². The second-order valence-corrected chi connectivity index (χ2v) is 3.50. The number of nitrogens with two attached hydrogens (primary N) is 1. The number of rotatable bonds is 3. The Labute approximate surface area is 92.1 Å². The zero-order valence-electron chi connectivity index (χ0n) is 7.30. The summed E-state index contributed by atoms with van der Waals surface area (Å²) in [5.74, 6) is 0.0198. The van der Waals surface area contributed by atoms with Gasteiger partial charge in [0.25, 0.3) is 0 Å². The number of halogens is 2. The van der Waals surface area contributed by atoms with Crippen LogP contribution in [0.15, 0.2) is 23.2 Å². The fourth-order valence-corrected chi connectivity index (χ4v) is 1.31. The Morgan fingerprint density at radius 1 is 1.50 bits per heavy atom. The highest BCUT2D eigenvalue weighted by molar-refractivity contribution is 6.36. The van der Waals surface area contributed by atoms with Crippen LogP contribution in [0.5, 0.6) is 0 Å². The first kappa shape index (κ1) is 11.0. The molecule has 0 aliphatic rings. The van der Waals surface area contributed by atoms with Gasteiger partial charge in [-0.3, -0.25) is 10.4 Å². The van der Waals surface area contributed by atoms with Crippen molar-refractivity contribution in [2.24, 2.45) is 10.7 Å². The minimum Gasteiger partial charge on any atom is -0.386 e. The summed E-state index contributed by atoms with van der Waals surface area (Å²) in [5, 5.41) is 8.07. The van der Waals surface area contributed by atoms with E-state index in [9.17, 15) is 0 Å². The summed E-state index contributed by atoms with van der Waals surface area (Å²) < 4.78 is 0. The number of amidine groups is 1. The van der Waals surface area contributed by atoms with Gasteiger partial charge in [-0.15, -0.1) is 0 Å². The van der Waals surface area contributed by atoms with Crippen molar-refractivity contribution >= 4 is 35.3 Å². The predicted octanol–water partition coefficient (Wildman–Crippen LogP) is 2.35. The van der Waals surface area contributed by atoms with Crippen LogP contribution in [0.3, 0.4) is 0 Å². The summed E-state index contributed by atoms with van der Waals surface area (Å²) in [5.41, 5.74) is 5.90. The maximum Gasteiger partial charge on any atom is 0.113 e. The van der Waals surface area contributed by atoms with Gasteiger partial charge in [-0.2, -0.15) is 0 Å². The van der Waals surface area contributed by atoms with Crippen molar-refractivity contribution in [3.63, 3.8) is 0 Å². The molecule has 14 heavy (non-hydrogen) atoms. The van der Waals surface area contributed by atoms with Gasteiger partial charge in [0, 0.05) is 16.8 Å². The molecule has 3 N–H and O–H groups in total. The molecule has 1 aromatic carbocycles. The molecule has 1 rings (SSSR count). The average molecular weight is 230 g/mol. The van der Waals surface area contributed by atoms with Gasteiger partial charge in [0.2, 0.25) is 0 Å². The molecule has 5 heteroatoms. The van der Waals surface area contributed by atoms with Gasteiger partial charge in [-0.05, 0) is 12.1 Å². The Balaban J connectivity index is 2.76. The third-order valence-electron chi connectivity index (χ3n) is 1.45. The maximum atomic E-state index is 6.96. The standard InChI is InChI=1S/C9H9Cl2N3/c10-7-2-1-6(8(11)3-7)4-14-5-9(12)13/h1-4H,5H2,(H3,12,13). The molecule has 0 bridgehead atoms. The molecule has 0 aliphatic carbocycles. The van der Waals surface area contributed by atoms with Gasteiger partial charge in [0.05, 0.1) is 11.6 Å². The molecular formula is C9H9Cl2N3. The number of benzene rings is 1. The van der Waals surface area contributed by atoms with E-state index in [-0.39, 0.29) is 12.4 Å². The van der Waals surface area contributed by atoms with E-state index in [0.29, 0.717) is 10.0 Å². The molecule has 0 radical (unpaired) electrons. The lowest BCUT2D eigenvalue weighted by atomic mass is 10.2. The molecule has 0 unspecified atom stereocenters. The lowest BCUT2D eigenvalue weighted by molar-refractivity contribution is 1.24. The molecule has 0 amide bonds. The summed E-state index contributed by atoms with van der Waals surface area (Å²) in [6.07, 6.45) is 1.57. The van der Waals surface area contributed by atoms with Crippen LogP contribution in [0.2, 0.25) is 10.0 Å². The van der Waals surface area contributed by atoms with E-state index in [1.54, 1.807) is 24.4 Å². The van der Waals surface area contributed by atoms with E-state index in [1.165, 1.54) is 0 Å². The molecule has 0 atom stereocenters. The van der Waals surface area contributed by atoms with E-state index >= 15 is 0 Å². The third kappa shape index (κ3) is 3.36. The smallest absolute Gasteiger partial charge is 0.113 e. The van der Waals surface area contributed by atoms with Gasteiger partial charge in [-0.1, -0.05) is 29.3 Å². The van der Waals surface area contributed by atoms with Crippen molar-refractivity contribution in [1.29, 1.82) is 5.41 Å². The second-order valence-electron chi connectivity index (χ2n) is 2.66. The van der Waals surface area contributed by atoms with Gasteiger partial charge < -0.3 is 5.73 Å². The molecule has 1 aromatic rings. The highest BCUT2D eigenvalue weighted by atomic mass is 35.5. The van der Waals surface area contributed by atoms with E-state index in [4.69, 9.17) is 34.3 Å². The first-order valence-electron chi connectivity index (χ1n) is 3.87. The van der Waals surface area contributed by atoms with Crippen molar-refractivity contribution < 1.29 is 0 Å². The number of hydrogen-bond acceptors (Lipinski definition) is 2. The Bertz CT molecular complexity index is 374. The van der Waals surface area contributed by atoms with Gasteiger partial charge in [-0.25, -0.2) is 0 Å². The summed E-state index contributed by atoms with van der Waals surface area (Å²) >= 11 is 11.6. The topological polar surface area (TPSA) is 62.2 Å². The Morgan fingerprint density at radius 3 is 2.79 bits per heavy atom. The summed E-state index contributed by atoms with van der Waals surface area (Å²) in [7, 11) is 0. The Hall–Kier alpha value is -1.06. The molecule has 74 valence electrons. The molecule has 0 saturated carbocycles. The third-order valence-corrected chi connectivity index (χ3v) is 2.02. The number of nitrogens with zero attached hydrogens (tertiary/aromatic N) is 1. The summed E-state index contributed by atoms with van der Waals surface area (Å²) in [6.45, 7) is 0.180. The van der Waals surface area contributed by atoms with Crippen LogP contribution >= 0.6 is 23.2 Å². The minimum absolute atomic E-state index is 0.0198. The van der Waals surface area contributed by atoms with Crippen LogP contribution in [0.4, 0.5) is 0 Å². The van der Waals surface area contributed by atoms with Crippen LogP contribution in [-0.4, -0.2) is 18.6 Å². The van der Waals surface area contributed by atoms with Crippen molar-refractivity contribution in [3.8, 4) is 0 Å². The van der Waals surface area contributed by atoms with E-state index in [1.807, 2.05) is 0 Å². The highest BCUT2D eigenvalue weighted by Crippen LogP contribution is 2.19. The molecule has 0 fully saturated rings. The second kappa shape index (κ2) is 4.98. The summed E-state index contributed by atoms with van der Waals surface area (Å²) in [4.78, 5) is 3.93. The zero-order chi connectivity index (χ0) is 10.6. The number of hydrogen-bond donors (Lipinski definition) is 2. The lowest BCUT2D eigenvalue weighted by Gasteiger charge is -1.97. The molecule has 0 aliphatic heterocycles. The molecule has 0 saturated heterocycles. The first-order chi connectivity index (χ1) is 6.59. The average Bonchev–Trinajstić information content (AvgIpc) is 2.08. The van der Waals surface area contributed by atoms with Crippen molar-refractivity contribution in [3.05, 3.63) is 33.8 Å². The quantitative estimate of drug-likeness (QED) is 0.607. The molecule has 0 heterocycles. The fraction of sp³-hybridized carbons (Fsp3) is 0.111. The molecule has 0 spiro atoms. The Kier molecular flexibility index (Phi) is 3.92. The predicted molar refractivity (Wildman–Crippen MR) is 60.8 cm³/mol. The normalized spacial score (nSPS) is 10.7. The number of aliphatic imine (C=N–C) groups is 1. The van der Waals surface area contributed by atoms with E-state index in [0.717, 1.165) is 5.56 Å². The van der Waals surface area contributed by atoms with Crippen LogP contribution in [0.25, 0.3) is 0 Å². The van der Waals surface area contributed by atoms with Gasteiger partial charge in [0.15, 0.2) is 0 Å². The zero-order valence-corrected chi connectivity index (χ0v) is 8.81. The van der Waals surface area contributed by atoms with Crippen LogP contribution in [0, 0.1) is 5.41 Å². The van der Waals surface area contributed by atoms with Crippen LogP contribution in [-0.2, 0) is 0 Å². The van der Waals surface area contributed by atoms with Crippen molar-refractivity contribution in [1.82, 2.24) is 0 Å². The van der Waals surface area contributed by atoms with E-state index in [2.05, 4.69) is 4.99 Å². The maximum absolute atomic E-state index is 6.96. The fourth-order valence-electron chi connectivity index (χ4n) is 0.849. The van der Waals surface area contributed by atoms with Gasteiger partial charge >= 0.3 is 0 Å². The van der Waals surface area contributed by atoms with Crippen LogP contribution in [0.1, 0.15) is 5.56 Å². The SMILES string of the molecule is N=C(N)CN=Cc1ccc(Cl)cc1Cl. The highest BCUT2D eigenvalue weighted by Gasteiger charge is 1.97. The van der Waals surface area contributed by atoms with Gasteiger partial charge in [0.1, 0.15) is 5.84 Å². The van der Waals surface area contributed by atoms with E-state index < -0.39 is 0 Å². The molecule has 0 aromatic heterocycles. The van der Waals surface area contributed by atoms with Crippen molar-refractivity contribution in [2.75, 3.05) is 6.54 Å². The molecule has 3 nitrogen and oxygen atoms in total. The number of nitrogens with one attached hydrogen (secondary N) is 1. The molecular weight excluding hydrogens is 221 g/mol. The minimum atomic E-state index is 0.0198. The lowest BCUT2D eigenvalue weighted by Crippen LogP contribution is -2.13. The largest absolute Gasteiger partial charge is 0.386 e. The monoisotopic (exact) mass is 229 g/mol. The van der Waals surface area contributed by atoms with Crippen molar-refractivity contribution in [2.45, 2.75) is 0 Å². The Morgan fingerprint density at radius 2 is 2.21 bits per heavy atom.